The quantitative estimate of drug-likeness (QED) is 0.192. The SMILES string of the molecule is CN(CC[C@@]1(COc2nc(N3CC4CC[C@@](C)(C3)N4)c3cc(F)c(-c4cc(O)cc5cccc(Cl)c45)c(F)c3n2)CC1(F)F)C1COC1. The second kappa shape index (κ2) is 11.3. The smallest absolute Gasteiger partial charge is 0.319 e. The Labute approximate surface area is 280 Å². The Balaban J connectivity index is 1.22. The van der Waals surface area contributed by atoms with Crippen molar-refractivity contribution >= 4 is 39.1 Å². The molecule has 3 saturated heterocycles. The molecule has 0 amide bonds. The van der Waals surface area contributed by atoms with Gasteiger partial charge in [-0.25, -0.2) is 17.6 Å². The van der Waals surface area contributed by atoms with Crippen LogP contribution in [0.15, 0.2) is 36.4 Å². The summed E-state index contributed by atoms with van der Waals surface area (Å²) in [6.45, 7) is 4.40. The van der Waals surface area contributed by atoms with Crippen molar-refractivity contribution in [2.45, 2.75) is 56.2 Å². The van der Waals surface area contributed by atoms with E-state index in [1.54, 1.807) is 18.2 Å². The third-order valence-corrected chi connectivity index (χ3v) is 11.1. The van der Waals surface area contributed by atoms with Crippen LogP contribution >= 0.6 is 11.6 Å². The van der Waals surface area contributed by atoms with Gasteiger partial charge in [0.15, 0.2) is 5.82 Å². The van der Waals surface area contributed by atoms with Crippen LogP contribution in [0.1, 0.15) is 32.6 Å². The molecule has 4 heterocycles. The minimum Gasteiger partial charge on any atom is -0.508 e. The number of benzene rings is 3. The van der Waals surface area contributed by atoms with E-state index in [2.05, 4.69) is 22.2 Å². The van der Waals surface area contributed by atoms with Gasteiger partial charge in [0.25, 0.3) is 5.92 Å². The predicted octanol–water partition coefficient (Wildman–Crippen LogP) is 6.54. The highest BCUT2D eigenvalue weighted by molar-refractivity contribution is 6.36. The molecule has 48 heavy (non-hydrogen) atoms. The second-order valence-corrected chi connectivity index (χ2v) is 14.7. The summed E-state index contributed by atoms with van der Waals surface area (Å²) < 4.78 is 74.0. The summed E-state index contributed by atoms with van der Waals surface area (Å²) in [5.74, 6) is -4.72. The van der Waals surface area contributed by atoms with Crippen molar-refractivity contribution in [2.75, 3.05) is 51.4 Å². The number of nitrogens with one attached hydrogen (secondary N) is 1. The maximum absolute atomic E-state index is 16.8. The summed E-state index contributed by atoms with van der Waals surface area (Å²) in [6, 6.07) is 9.00. The van der Waals surface area contributed by atoms with Gasteiger partial charge in [0, 0.05) is 52.4 Å². The van der Waals surface area contributed by atoms with Gasteiger partial charge < -0.3 is 24.8 Å². The molecule has 2 N–H and O–H groups in total. The maximum atomic E-state index is 16.8. The first-order valence-corrected chi connectivity index (χ1v) is 16.7. The molecule has 8 nitrogen and oxygen atoms in total. The Hall–Kier alpha value is -3.45. The molecule has 3 atom stereocenters. The molecule has 2 bridgehead atoms. The monoisotopic (exact) mass is 685 g/mol. The van der Waals surface area contributed by atoms with E-state index in [1.807, 2.05) is 16.8 Å². The number of phenols is 1. The number of aromatic nitrogens is 2. The molecule has 0 spiro atoms. The van der Waals surface area contributed by atoms with E-state index in [0.717, 1.165) is 12.8 Å². The molecule has 4 fully saturated rings. The average molecular weight is 686 g/mol. The fourth-order valence-electron chi connectivity index (χ4n) is 7.71. The molecule has 4 aromatic rings. The highest BCUT2D eigenvalue weighted by Gasteiger charge is 2.71. The van der Waals surface area contributed by atoms with Gasteiger partial charge in [-0.1, -0.05) is 23.7 Å². The lowest BCUT2D eigenvalue weighted by atomic mass is 9.95. The normalized spacial score (nSPS) is 26.4. The first-order valence-electron chi connectivity index (χ1n) is 16.3. The molecule has 3 aliphatic heterocycles. The highest BCUT2D eigenvalue weighted by atomic mass is 35.5. The Morgan fingerprint density at radius 2 is 1.98 bits per heavy atom. The Morgan fingerprint density at radius 1 is 1.19 bits per heavy atom. The predicted molar refractivity (Wildman–Crippen MR) is 175 cm³/mol. The number of anilines is 1. The molecule has 1 saturated carbocycles. The van der Waals surface area contributed by atoms with Gasteiger partial charge in [0.05, 0.1) is 30.2 Å². The minimum atomic E-state index is -2.92. The molecule has 254 valence electrons. The number of phenolic OH excluding ortho intramolecular Hbond substituents is 1. The lowest BCUT2D eigenvalue weighted by molar-refractivity contribution is -0.0601. The fourth-order valence-corrected chi connectivity index (χ4v) is 8.00. The number of rotatable bonds is 9. The molecule has 1 unspecified atom stereocenters. The lowest BCUT2D eigenvalue weighted by Gasteiger charge is -2.40. The first-order chi connectivity index (χ1) is 22.9. The number of hydrogen-bond acceptors (Lipinski definition) is 8. The van der Waals surface area contributed by atoms with E-state index in [9.17, 15) is 13.9 Å². The number of nitrogens with zero attached hydrogens (tertiary/aromatic N) is 4. The standard InChI is InChI=1S/C35H36ClF4N5O3/c1-33-7-6-20(43-33)13-45(17-33)31-24-12-26(37)28(23-11-22(46)10-19-4-3-5-25(36)27(19)23)29(38)30(24)41-32(42-31)48-18-34(16-35(34,39)40)8-9-44(2)21-14-47-15-21/h3-5,10-12,20-21,43,46H,6-9,13-18H2,1-2H3/t20?,33-,34-/m0/s1. The largest absolute Gasteiger partial charge is 0.508 e. The molecule has 8 rings (SSSR count). The number of ether oxygens (including phenoxy) is 2. The number of halogens is 5. The van der Waals surface area contributed by atoms with Gasteiger partial charge in [0.1, 0.15) is 29.5 Å². The van der Waals surface area contributed by atoms with Crippen LogP contribution in [-0.2, 0) is 4.74 Å². The van der Waals surface area contributed by atoms with E-state index in [1.165, 1.54) is 18.2 Å². The maximum Gasteiger partial charge on any atom is 0.319 e. The van der Waals surface area contributed by atoms with Crippen molar-refractivity contribution in [1.82, 2.24) is 20.2 Å². The van der Waals surface area contributed by atoms with Crippen molar-refractivity contribution in [1.29, 1.82) is 0 Å². The summed E-state index contributed by atoms with van der Waals surface area (Å²) in [7, 11) is 1.89. The summed E-state index contributed by atoms with van der Waals surface area (Å²) in [5, 5.41) is 15.4. The van der Waals surface area contributed by atoms with Gasteiger partial charge in [-0.05, 0) is 69.4 Å². The number of piperazine rings is 1. The van der Waals surface area contributed by atoms with Crippen LogP contribution in [0.2, 0.25) is 5.02 Å². The molecule has 1 aliphatic carbocycles. The Bertz CT molecular complexity index is 1950. The average Bonchev–Trinajstić information content (AvgIpc) is 3.44. The zero-order chi connectivity index (χ0) is 33.6. The van der Waals surface area contributed by atoms with Gasteiger partial charge in [0.2, 0.25) is 0 Å². The van der Waals surface area contributed by atoms with Crippen molar-refractivity contribution in [3.63, 3.8) is 0 Å². The summed E-state index contributed by atoms with van der Waals surface area (Å²) in [6.07, 6.45) is 1.73. The van der Waals surface area contributed by atoms with Crippen molar-refractivity contribution in [3.05, 3.63) is 53.1 Å². The zero-order valence-electron chi connectivity index (χ0n) is 26.6. The van der Waals surface area contributed by atoms with Crippen LogP contribution in [-0.4, -0.2) is 90.0 Å². The van der Waals surface area contributed by atoms with E-state index in [4.69, 9.17) is 21.1 Å². The van der Waals surface area contributed by atoms with Gasteiger partial charge >= 0.3 is 6.01 Å². The number of alkyl halides is 2. The first kappa shape index (κ1) is 31.8. The Morgan fingerprint density at radius 3 is 2.69 bits per heavy atom. The molecule has 13 heteroatoms. The van der Waals surface area contributed by atoms with E-state index in [0.29, 0.717) is 43.6 Å². The summed E-state index contributed by atoms with van der Waals surface area (Å²) >= 11 is 6.52. The molecule has 3 aromatic carbocycles. The van der Waals surface area contributed by atoms with Crippen LogP contribution < -0.4 is 15.0 Å². The third-order valence-electron chi connectivity index (χ3n) is 10.8. The van der Waals surface area contributed by atoms with Crippen molar-refractivity contribution < 1.29 is 32.1 Å². The zero-order valence-corrected chi connectivity index (χ0v) is 27.4. The van der Waals surface area contributed by atoms with Gasteiger partial charge in [-0.15, -0.1) is 0 Å². The number of hydrogen-bond donors (Lipinski definition) is 2. The van der Waals surface area contributed by atoms with Crippen molar-refractivity contribution in [2.24, 2.45) is 5.41 Å². The van der Waals surface area contributed by atoms with Crippen molar-refractivity contribution in [3.8, 4) is 22.9 Å². The lowest BCUT2D eigenvalue weighted by Crippen LogP contribution is -2.58. The minimum absolute atomic E-state index is 0.0559. The van der Waals surface area contributed by atoms with Crippen LogP contribution in [0.25, 0.3) is 32.8 Å². The van der Waals surface area contributed by atoms with Crippen LogP contribution in [0.4, 0.5) is 23.4 Å². The topological polar surface area (TPSA) is 83.0 Å². The molecule has 0 radical (unpaired) electrons. The molecule has 4 aliphatic rings. The molecular formula is C35H36ClF4N5O3. The summed E-state index contributed by atoms with van der Waals surface area (Å²) in [4.78, 5) is 13.0. The second-order valence-electron chi connectivity index (χ2n) is 14.3. The van der Waals surface area contributed by atoms with E-state index < -0.39 is 28.5 Å². The summed E-state index contributed by atoms with van der Waals surface area (Å²) in [5.41, 5.74) is -2.22. The Kier molecular flexibility index (Phi) is 7.48. The molecule has 1 aromatic heterocycles. The fraction of sp³-hybridized carbons (Fsp3) is 0.486. The van der Waals surface area contributed by atoms with Crippen LogP contribution in [0, 0.1) is 17.0 Å². The highest BCUT2D eigenvalue weighted by Crippen LogP contribution is 2.62. The van der Waals surface area contributed by atoms with E-state index in [-0.39, 0.29) is 76.1 Å². The number of aromatic hydroxyl groups is 1. The van der Waals surface area contributed by atoms with E-state index >= 15 is 8.78 Å². The van der Waals surface area contributed by atoms with Gasteiger partial charge in [-0.2, -0.15) is 9.97 Å². The van der Waals surface area contributed by atoms with Crippen LogP contribution in [0.3, 0.4) is 0 Å². The van der Waals surface area contributed by atoms with Crippen LogP contribution in [0.5, 0.6) is 11.8 Å². The van der Waals surface area contributed by atoms with Gasteiger partial charge in [-0.3, -0.25) is 4.90 Å². The number of likely N-dealkylation sites (N-methyl/N-ethyl adjacent to an activating group) is 1. The third kappa shape index (κ3) is 5.32. The molecular weight excluding hydrogens is 650 g/mol. The number of fused-ring (bicyclic) bond motifs is 4.